The van der Waals surface area contributed by atoms with E-state index in [1.54, 1.807) is 0 Å². The molecular weight excluding hydrogens is 138 g/mol. The van der Waals surface area contributed by atoms with Crippen LogP contribution in [0.2, 0.25) is 19.6 Å². The molecule has 0 spiro atoms. The molecule has 0 aromatic rings. The predicted molar refractivity (Wildman–Crippen MR) is 41.8 cm³/mol. The van der Waals surface area contributed by atoms with Gasteiger partial charge in [0.2, 0.25) is 0 Å². The number of hydrogen-bond donors (Lipinski definition) is 0. The van der Waals surface area contributed by atoms with Gasteiger partial charge in [-0.3, -0.25) is 0 Å². The van der Waals surface area contributed by atoms with Crippen molar-refractivity contribution in [1.82, 2.24) is 4.57 Å². The van der Waals surface area contributed by atoms with Crippen molar-refractivity contribution in [3.8, 4) is 0 Å². The van der Waals surface area contributed by atoms with Gasteiger partial charge in [-0.05, 0) is 7.05 Å². The van der Waals surface area contributed by atoms with E-state index in [9.17, 15) is 0 Å². The topological polar surface area (TPSA) is 3.24 Å². The van der Waals surface area contributed by atoms with Gasteiger partial charge in [-0.25, -0.2) is 0 Å². The molecule has 0 aromatic heterocycles. The van der Waals surface area contributed by atoms with Gasteiger partial charge in [-0.1, -0.05) is 19.6 Å². The van der Waals surface area contributed by atoms with E-state index in [2.05, 4.69) is 31.3 Å². The van der Waals surface area contributed by atoms with E-state index in [-0.39, 0.29) is 0 Å². The van der Waals surface area contributed by atoms with E-state index in [0.29, 0.717) is 6.00 Å². The first-order valence-electron chi connectivity index (χ1n) is 2.75. The van der Waals surface area contributed by atoms with Crippen LogP contribution in [0.3, 0.4) is 0 Å². The summed E-state index contributed by atoms with van der Waals surface area (Å²) in [6.07, 6.45) is 0. The van der Waals surface area contributed by atoms with Gasteiger partial charge in [0.15, 0.2) is 0 Å². The average molecular weight is 152 g/mol. The fourth-order valence-electron chi connectivity index (χ4n) is 0.179. The van der Waals surface area contributed by atoms with E-state index < -0.39 is 8.24 Å². The van der Waals surface area contributed by atoms with E-state index in [0.717, 1.165) is 0 Å². The summed E-state index contributed by atoms with van der Waals surface area (Å²) >= 11 is 5.60. The Morgan fingerprint density at radius 2 is 1.75 bits per heavy atom. The largest absolute Gasteiger partial charge is 0.314 e. The molecule has 0 unspecified atom stereocenters. The highest BCUT2D eigenvalue weighted by Crippen LogP contribution is 2.05. The molecule has 0 N–H and O–H groups in total. The van der Waals surface area contributed by atoms with Crippen LogP contribution in [0, 0.1) is 0 Å². The Hall–Kier alpha value is 0.467. The Labute approximate surface area is 57.7 Å². The summed E-state index contributed by atoms with van der Waals surface area (Å²) in [5.41, 5.74) is 0. The maximum absolute atomic E-state index is 5.60. The van der Waals surface area contributed by atoms with Gasteiger partial charge in [0.1, 0.15) is 8.24 Å². The van der Waals surface area contributed by atoms with Crippen molar-refractivity contribution in [2.75, 3.05) is 13.1 Å². The van der Waals surface area contributed by atoms with E-state index in [1.165, 1.54) is 0 Å². The Morgan fingerprint density at radius 1 is 1.38 bits per heavy atom. The molecule has 3 heteroatoms. The van der Waals surface area contributed by atoms with Crippen molar-refractivity contribution in [3.05, 3.63) is 0 Å². The van der Waals surface area contributed by atoms with E-state index in [1.807, 2.05) is 0 Å². The quantitative estimate of drug-likeness (QED) is 0.331. The van der Waals surface area contributed by atoms with Crippen LogP contribution in [-0.2, 0) is 0 Å². The van der Waals surface area contributed by atoms with Crippen molar-refractivity contribution < 1.29 is 0 Å². The summed E-state index contributed by atoms with van der Waals surface area (Å²) in [4.78, 5) is 0. The first kappa shape index (κ1) is 8.47. The Morgan fingerprint density at radius 3 is 1.75 bits per heavy atom. The summed E-state index contributed by atoms with van der Waals surface area (Å²) in [5.74, 6) is 0. The van der Waals surface area contributed by atoms with Crippen LogP contribution < -0.4 is 0 Å². The van der Waals surface area contributed by atoms with Crippen LogP contribution >= 0.6 is 11.6 Å². The predicted octanol–water partition coefficient (Wildman–Crippen LogP) is 1.95. The number of rotatable bonds is 2. The molecule has 50 valence electrons. The van der Waals surface area contributed by atoms with Crippen molar-refractivity contribution >= 4 is 19.8 Å². The molecule has 8 heavy (non-hydrogen) atoms. The van der Waals surface area contributed by atoms with Crippen LogP contribution in [0.25, 0.3) is 0 Å². The number of hydrogen-bond acceptors (Lipinski definition) is 1. The maximum atomic E-state index is 5.60. The molecule has 0 aliphatic carbocycles. The number of alkyl halides is 1. The monoisotopic (exact) mass is 151 g/mol. The van der Waals surface area contributed by atoms with Gasteiger partial charge in [0, 0.05) is 0 Å². The van der Waals surface area contributed by atoms with Gasteiger partial charge < -0.3 is 4.57 Å². The minimum Gasteiger partial charge on any atom is -0.314 e. The third-order valence-corrected chi connectivity index (χ3v) is 4.33. The van der Waals surface area contributed by atoms with Crippen LogP contribution in [-0.4, -0.2) is 25.9 Å². The summed E-state index contributed by atoms with van der Waals surface area (Å²) in [5, 5.41) is 0. The SMILES string of the molecule is CN(CCl)[Si](C)(C)C. The van der Waals surface area contributed by atoms with Gasteiger partial charge in [0.25, 0.3) is 0 Å². The minimum absolute atomic E-state index is 0.662. The number of nitrogens with zero attached hydrogens (tertiary/aromatic N) is 1. The van der Waals surface area contributed by atoms with Gasteiger partial charge >= 0.3 is 0 Å². The molecule has 0 aliphatic heterocycles. The maximum Gasteiger partial charge on any atom is 0.120 e. The fraction of sp³-hybridized carbons (Fsp3) is 1.00. The molecule has 1 nitrogen and oxygen atoms in total. The van der Waals surface area contributed by atoms with Gasteiger partial charge in [-0.15, -0.1) is 11.6 Å². The zero-order valence-corrected chi connectivity index (χ0v) is 7.79. The van der Waals surface area contributed by atoms with Crippen molar-refractivity contribution in [1.29, 1.82) is 0 Å². The summed E-state index contributed by atoms with van der Waals surface area (Å²) in [7, 11) is 1.01. The molecule has 0 atom stereocenters. The van der Waals surface area contributed by atoms with Crippen molar-refractivity contribution in [2.45, 2.75) is 19.6 Å². The average Bonchev–Trinajstić information content (AvgIpc) is 1.62. The zero-order chi connectivity index (χ0) is 6.78. The number of halogens is 1. The fourth-order valence-corrected chi connectivity index (χ4v) is 1.61. The lowest BCUT2D eigenvalue weighted by Crippen LogP contribution is -2.42. The Bertz CT molecular complexity index is 69.3. The van der Waals surface area contributed by atoms with Crippen LogP contribution in [0.15, 0.2) is 0 Å². The smallest absolute Gasteiger partial charge is 0.120 e. The second-order valence-corrected chi connectivity index (χ2v) is 8.33. The molecule has 0 rings (SSSR count). The summed E-state index contributed by atoms with van der Waals surface area (Å²) < 4.78 is 2.22. The van der Waals surface area contributed by atoms with Crippen molar-refractivity contribution in [3.63, 3.8) is 0 Å². The molecule has 0 saturated heterocycles. The van der Waals surface area contributed by atoms with Crippen LogP contribution in [0.5, 0.6) is 0 Å². The molecular formula is C5H14ClNSi. The summed E-state index contributed by atoms with van der Waals surface area (Å²) in [6, 6.07) is 0.662. The highest BCUT2D eigenvalue weighted by atomic mass is 35.5. The minimum atomic E-state index is -1.06. The summed E-state index contributed by atoms with van der Waals surface area (Å²) in [6.45, 7) is 6.82. The lowest BCUT2D eigenvalue weighted by molar-refractivity contribution is 0.598. The van der Waals surface area contributed by atoms with Crippen LogP contribution in [0.4, 0.5) is 0 Å². The first-order valence-corrected chi connectivity index (χ1v) is 6.74. The van der Waals surface area contributed by atoms with E-state index in [4.69, 9.17) is 11.6 Å². The normalized spacial score (nSPS) is 12.8. The molecule has 0 aliphatic rings. The Kier molecular flexibility index (Phi) is 3.02. The molecule has 0 amide bonds. The van der Waals surface area contributed by atoms with Crippen molar-refractivity contribution in [2.24, 2.45) is 0 Å². The van der Waals surface area contributed by atoms with Gasteiger partial charge in [0.05, 0.1) is 6.00 Å². The zero-order valence-electron chi connectivity index (χ0n) is 6.03. The Balaban J connectivity index is 3.62. The molecule has 0 bridgehead atoms. The second kappa shape index (κ2) is 2.85. The van der Waals surface area contributed by atoms with E-state index >= 15 is 0 Å². The molecule has 0 heterocycles. The lowest BCUT2D eigenvalue weighted by Gasteiger charge is -2.26. The standard InChI is InChI=1S/C5H14ClNSi/c1-7(5-6)8(2,3)4/h5H2,1-4H3. The van der Waals surface area contributed by atoms with Crippen LogP contribution in [0.1, 0.15) is 0 Å². The van der Waals surface area contributed by atoms with Gasteiger partial charge in [-0.2, -0.15) is 0 Å². The third-order valence-electron chi connectivity index (χ3n) is 1.32. The lowest BCUT2D eigenvalue weighted by atomic mass is 11.2. The highest BCUT2D eigenvalue weighted by Gasteiger charge is 2.17. The molecule has 0 aromatic carbocycles. The second-order valence-electron chi connectivity index (χ2n) is 2.99. The molecule has 0 fully saturated rings. The highest BCUT2D eigenvalue weighted by molar-refractivity contribution is 6.73. The third kappa shape index (κ3) is 2.70. The molecule has 0 saturated carbocycles. The first-order chi connectivity index (χ1) is 3.48. The molecule has 0 radical (unpaired) electrons.